The summed E-state index contributed by atoms with van der Waals surface area (Å²) < 4.78 is 5.63. The van der Waals surface area contributed by atoms with Crippen LogP contribution in [0.2, 0.25) is 5.02 Å². The van der Waals surface area contributed by atoms with Crippen molar-refractivity contribution in [3.05, 3.63) is 39.9 Å². The zero-order chi connectivity index (χ0) is 17.5. The summed E-state index contributed by atoms with van der Waals surface area (Å²) in [5.74, 6) is -0.195. The van der Waals surface area contributed by atoms with Gasteiger partial charge in [0.15, 0.2) is 4.34 Å². The highest BCUT2D eigenvalue weighted by Gasteiger charge is 2.11. The number of hydrogen-bond acceptors (Lipinski definition) is 6. The molecule has 1 aromatic carbocycles. The van der Waals surface area contributed by atoms with E-state index in [2.05, 4.69) is 10.3 Å². The Morgan fingerprint density at radius 3 is 2.96 bits per heavy atom. The van der Waals surface area contributed by atoms with E-state index >= 15 is 0 Å². The van der Waals surface area contributed by atoms with Crippen molar-refractivity contribution in [2.45, 2.75) is 24.6 Å². The monoisotopic (exact) mass is 384 g/mol. The van der Waals surface area contributed by atoms with E-state index in [0.717, 1.165) is 9.90 Å². The van der Waals surface area contributed by atoms with E-state index in [0.29, 0.717) is 23.0 Å². The lowest BCUT2D eigenvalue weighted by Gasteiger charge is -2.08. The molecule has 5 nitrogen and oxygen atoms in total. The largest absolute Gasteiger partial charge is 0.466 e. The minimum absolute atomic E-state index is 0.132. The zero-order valence-corrected chi connectivity index (χ0v) is 15.7. The van der Waals surface area contributed by atoms with Gasteiger partial charge in [-0.25, -0.2) is 4.98 Å². The van der Waals surface area contributed by atoms with E-state index in [9.17, 15) is 9.59 Å². The molecule has 128 valence electrons. The molecule has 8 heteroatoms. The lowest BCUT2D eigenvalue weighted by Crippen LogP contribution is -2.14. The van der Waals surface area contributed by atoms with Gasteiger partial charge < -0.3 is 10.1 Å². The van der Waals surface area contributed by atoms with E-state index in [1.807, 2.05) is 13.0 Å². The van der Waals surface area contributed by atoms with Crippen LogP contribution in [-0.4, -0.2) is 29.2 Å². The number of esters is 1. The normalized spacial score (nSPS) is 10.5. The van der Waals surface area contributed by atoms with E-state index < -0.39 is 0 Å². The molecular weight excluding hydrogens is 368 g/mol. The van der Waals surface area contributed by atoms with Gasteiger partial charge in [0.2, 0.25) is 5.91 Å². The molecule has 0 spiro atoms. The van der Waals surface area contributed by atoms with Crippen LogP contribution in [0.4, 0.5) is 5.69 Å². The van der Waals surface area contributed by atoms with E-state index in [-0.39, 0.29) is 24.1 Å². The van der Waals surface area contributed by atoms with Crippen molar-refractivity contribution in [1.82, 2.24) is 4.98 Å². The van der Waals surface area contributed by atoms with Gasteiger partial charge in [0, 0.05) is 16.1 Å². The van der Waals surface area contributed by atoms with Crippen molar-refractivity contribution in [3.63, 3.8) is 0 Å². The fraction of sp³-hybridized carbons (Fsp3) is 0.312. The van der Waals surface area contributed by atoms with Crippen molar-refractivity contribution < 1.29 is 14.3 Å². The summed E-state index contributed by atoms with van der Waals surface area (Å²) in [5.41, 5.74) is 2.20. The van der Waals surface area contributed by atoms with E-state index in [1.54, 1.807) is 24.4 Å². The van der Waals surface area contributed by atoms with Crippen molar-refractivity contribution >= 4 is 52.3 Å². The first-order valence-corrected chi connectivity index (χ1v) is 9.51. The number of ether oxygens (including phenoxy) is 1. The van der Waals surface area contributed by atoms with E-state index in [1.165, 1.54) is 23.1 Å². The predicted octanol–water partition coefficient (Wildman–Crippen LogP) is 3.94. The maximum absolute atomic E-state index is 12.0. The van der Waals surface area contributed by atoms with Gasteiger partial charge in [0.05, 0.1) is 24.5 Å². The average molecular weight is 385 g/mol. The van der Waals surface area contributed by atoms with Gasteiger partial charge in [0.25, 0.3) is 0 Å². The molecule has 0 fully saturated rings. The molecule has 1 heterocycles. The Labute approximate surface area is 153 Å². The second-order valence-electron chi connectivity index (χ2n) is 4.84. The molecule has 1 aromatic heterocycles. The minimum atomic E-state index is -0.298. The minimum Gasteiger partial charge on any atom is -0.466 e. The highest BCUT2D eigenvalue weighted by Crippen LogP contribution is 2.25. The first kappa shape index (κ1) is 18.8. The van der Waals surface area contributed by atoms with Crippen LogP contribution < -0.4 is 5.32 Å². The second-order valence-corrected chi connectivity index (χ2v) is 7.32. The Bertz CT molecular complexity index is 734. The molecule has 24 heavy (non-hydrogen) atoms. The maximum atomic E-state index is 12.0. The number of thioether (sulfide) groups is 1. The number of halogens is 1. The number of benzene rings is 1. The van der Waals surface area contributed by atoms with Crippen molar-refractivity contribution in [3.8, 4) is 0 Å². The molecular formula is C16H17ClN2O3S2. The molecule has 0 unspecified atom stereocenters. The fourth-order valence-electron chi connectivity index (χ4n) is 1.85. The summed E-state index contributed by atoms with van der Waals surface area (Å²) in [5, 5.41) is 5.25. The first-order valence-electron chi connectivity index (χ1n) is 7.27. The zero-order valence-electron chi connectivity index (χ0n) is 13.3. The van der Waals surface area contributed by atoms with Gasteiger partial charge in [-0.1, -0.05) is 29.4 Å². The summed E-state index contributed by atoms with van der Waals surface area (Å²) in [6.45, 7) is 3.97. The number of hydrogen-bond donors (Lipinski definition) is 1. The number of nitrogens with zero attached hydrogens (tertiary/aromatic N) is 1. The summed E-state index contributed by atoms with van der Waals surface area (Å²) in [4.78, 5) is 27.8. The number of anilines is 1. The summed E-state index contributed by atoms with van der Waals surface area (Å²) in [6.07, 6.45) is 0.152. The van der Waals surface area contributed by atoms with Gasteiger partial charge >= 0.3 is 5.97 Å². The Balaban J connectivity index is 1.85. The van der Waals surface area contributed by atoms with Crippen molar-refractivity contribution in [1.29, 1.82) is 0 Å². The summed E-state index contributed by atoms with van der Waals surface area (Å²) >= 11 is 8.77. The van der Waals surface area contributed by atoms with Crippen LogP contribution in [0.3, 0.4) is 0 Å². The van der Waals surface area contributed by atoms with Crippen LogP contribution in [0, 0.1) is 6.92 Å². The smallest absolute Gasteiger partial charge is 0.311 e. The second kappa shape index (κ2) is 9.05. The molecule has 0 atom stereocenters. The van der Waals surface area contributed by atoms with Gasteiger partial charge in [-0.05, 0) is 31.5 Å². The van der Waals surface area contributed by atoms with Crippen LogP contribution in [0.25, 0.3) is 0 Å². The number of carbonyl (C=O) groups excluding carboxylic acids is 2. The maximum Gasteiger partial charge on any atom is 0.311 e. The number of aromatic nitrogens is 1. The topological polar surface area (TPSA) is 68.3 Å². The molecule has 0 bridgehead atoms. The highest BCUT2D eigenvalue weighted by atomic mass is 35.5. The van der Waals surface area contributed by atoms with Gasteiger partial charge in [-0.15, -0.1) is 11.3 Å². The Hall–Kier alpha value is -1.57. The molecule has 0 saturated heterocycles. The third-order valence-electron chi connectivity index (χ3n) is 3.03. The van der Waals surface area contributed by atoms with Crippen molar-refractivity contribution in [2.24, 2.45) is 0 Å². The average Bonchev–Trinajstić information content (AvgIpc) is 2.97. The van der Waals surface area contributed by atoms with Crippen molar-refractivity contribution in [2.75, 3.05) is 17.7 Å². The lowest BCUT2D eigenvalue weighted by atomic mass is 10.2. The number of amides is 1. The van der Waals surface area contributed by atoms with Gasteiger partial charge in [-0.3, -0.25) is 9.59 Å². The quantitative estimate of drug-likeness (QED) is 0.578. The third kappa shape index (κ3) is 5.51. The molecule has 0 aliphatic carbocycles. The lowest BCUT2D eigenvalue weighted by molar-refractivity contribution is -0.142. The Morgan fingerprint density at radius 2 is 2.21 bits per heavy atom. The molecule has 1 amide bonds. The number of carbonyl (C=O) groups is 2. The van der Waals surface area contributed by atoms with Crippen LogP contribution in [-0.2, 0) is 20.7 Å². The standard InChI is InChI=1S/C16H17ClN2O3S2/c1-3-22-15(21)7-11-8-23-16(18-11)24-9-14(20)19-13-6-4-5-12(17)10(13)2/h4-6,8H,3,7,9H2,1-2H3,(H,19,20). The summed E-state index contributed by atoms with van der Waals surface area (Å²) in [6, 6.07) is 5.38. The van der Waals surface area contributed by atoms with Crippen LogP contribution in [0.1, 0.15) is 18.2 Å². The van der Waals surface area contributed by atoms with Crippen LogP contribution >= 0.6 is 34.7 Å². The molecule has 0 saturated carbocycles. The predicted molar refractivity (Wildman–Crippen MR) is 98.0 cm³/mol. The van der Waals surface area contributed by atoms with Crippen LogP contribution in [0.15, 0.2) is 27.9 Å². The van der Waals surface area contributed by atoms with E-state index in [4.69, 9.17) is 16.3 Å². The molecule has 0 aliphatic rings. The summed E-state index contributed by atoms with van der Waals surface area (Å²) in [7, 11) is 0. The molecule has 1 N–H and O–H groups in total. The number of nitrogens with one attached hydrogen (secondary N) is 1. The highest BCUT2D eigenvalue weighted by molar-refractivity contribution is 8.01. The van der Waals surface area contributed by atoms with Crippen LogP contribution in [0.5, 0.6) is 0 Å². The molecule has 2 rings (SSSR count). The molecule has 0 aliphatic heterocycles. The number of rotatable bonds is 7. The molecule has 0 radical (unpaired) electrons. The van der Waals surface area contributed by atoms with Gasteiger partial charge in [0.1, 0.15) is 0 Å². The number of thiazole rings is 1. The Morgan fingerprint density at radius 1 is 1.42 bits per heavy atom. The molecule has 2 aromatic rings. The third-order valence-corrected chi connectivity index (χ3v) is 5.51. The first-order chi connectivity index (χ1) is 11.5. The van der Waals surface area contributed by atoms with Gasteiger partial charge in [-0.2, -0.15) is 0 Å². The Kier molecular flexibility index (Phi) is 7.08. The SMILES string of the molecule is CCOC(=O)Cc1csc(SCC(=O)Nc2cccc(Cl)c2C)n1. The fourth-order valence-corrected chi connectivity index (χ4v) is 3.67.